The van der Waals surface area contributed by atoms with Gasteiger partial charge in [-0.1, -0.05) is 72.8 Å². The Morgan fingerprint density at radius 2 is 0.580 bits per heavy atom. The molecule has 0 saturated heterocycles. The van der Waals surface area contributed by atoms with E-state index in [1.165, 1.54) is 33.3 Å². The summed E-state index contributed by atoms with van der Waals surface area (Å²) in [5.41, 5.74) is 20.0. The first-order chi connectivity index (χ1) is 47.8. The monoisotopic (exact) mass is 1360 g/mol. The van der Waals surface area contributed by atoms with E-state index in [1.54, 1.807) is 185 Å². The highest BCUT2D eigenvalue weighted by Gasteiger charge is 2.53. The van der Waals surface area contributed by atoms with Gasteiger partial charge in [0.2, 0.25) is 17.8 Å². The average Bonchev–Trinajstić information content (AvgIpc) is 1.61. The van der Waals surface area contributed by atoms with E-state index < -0.39 is 34.5 Å². The van der Waals surface area contributed by atoms with Gasteiger partial charge in [-0.3, -0.25) is 29.1 Å². The van der Waals surface area contributed by atoms with Crippen LogP contribution in [0.25, 0.3) is 33.4 Å². The Morgan fingerprint density at radius 1 is 0.340 bits per heavy atom. The Balaban J connectivity index is 0.000000174. The number of guanidine groups is 3. The summed E-state index contributed by atoms with van der Waals surface area (Å²) in [7, 11) is 4.72. The zero-order chi connectivity index (χ0) is 70.8. The third-order valence-corrected chi connectivity index (χ3v) is 16.7. The summed E-state index contributed by atoms with van der Waals surface area (Å²) in [5.74, 6) is 0.718. The number of aliphatic imine (C=N–C) groups is 3. The van der Waals surface area contributed by atoms with Crippen molar-refractivity contribution in [3.63, 3.8) is 0 Å². The summed E-state index contributed by atoms with van der Waals surface area (Å²) < 4.78 is 77.6. The van der Waals surface area contributed by atoms with Gasteiger partial charge in [0.15, 0.2) is 69.0 Å². The van der Waals surface area contributed by atoms with Crippen molar-refractivity contribution in [3.05, 3.63) is 234 Å². The number of halogens is 3. The van der Waals surface area contributed by atoms with Gasteiger partial charge in [0.1, 0.15) is 0 Å². The van der Waals surface area contributed by atoms with Gasteiger partial charge in [-0.05, 0) is 183 Å². The molecule has 9 aromatic rings. The van der Waals surface area contributed by atoms with Crippen LogP contribution in [0.3, 0.4) is 0 Å². The largest absolute Gasteiger partial charge is 0.490 e. The van der Waals surface area contributed by atoms with Gasteiger partial charge in [-0.2, -0.15) is 13.2 Å². The first-order valence-corrected chi connectivity index (χ1v) is 32.0. The number of nitrogens with two attached hydrogens (primary N) is 3. The minimum Gasteiger partial charge on any atom is -0.490 e. The summed E-state index contributed by atoms with van der Waals surface area (Å²) in [6.07, 6.45) is 4.17. The van der Waals surface area contributed by atoms with Crippen LogP contribution in [0, 0.1) is 17.8 Å². The van der Waals surface area contributed by atoms with Crippen molar-refractivity contribution in [1.82, 2.24) is 29.7 Å². The lowest BCUT2D eigenvalue weighted by atomic mass is 9.81. The molecule has 3 radical (unpaired) electrons. The third kappa shape index (κ3) is 13.8. The molecule has 12 rings (SSSR count). The van der Waals surface area contributed by atoms with Crippen LogP contribution in [0.4, 0.5) is 13.2 Å². The van der Waals surface area contributed by atoms with E-state index in [9.17, 15) is 27.6 Å². The molecule has 6 heterocycles. The zero-order valence-corrected chi connectivity index (χ0v) is 56.7. The molecule has 21 nitrogen and oxygen atoms in total. The number of ether oxygens (including phenoxy) is 6. The molecule has 0 aliphatic carbocycles. The number of hydrogen-bond acceptors (Lipinski definition) is 18. The molecule has 1 unspecified atom stereocenters. The third-order valence-electron chi connectivity index (χ3n) is 16.7. The summed E-state index contributed by atoms with van der Waals surface area (Å²) in [6, 6.07) is 46.9. The molecule has 0 saturated carbocycles. The number of carbonyl (C=O) groups is 3. The van der Waals surface area contributed by atoms with Crippen LogP contribution in [0.5, 0.6) is 34.5 Å². The summed E-state index contributed by atoms with van der Waals surface area (Å²) in [4.78, 5) is 69.8. The van der Waals surface area contributed by atoms with Gasteiger partial charge in [-0.25, -0.2) is 29.9 Å². The number of rotatable bonds is 21. The number of carbonyl (C=O) groups excluding carboxylic acids is 3. The van der Waals surface area contributed by atoms with Gasteiger partial charge >= 0.3 is 0 Å². The smallest absolute Gasteiger partial charge is 0.266 e. The molecule has 3 atom stereocenters. The molecule has 25 heteroatoms. The van der Waals surface area contributed by atoms with Crippen molar-refractivity contribution in [3.8, 4) is 67.9 Å². The van der Waals surface area contributed by atoms with Gasteiger partial charge in [0.25, 0.3) is 17.7 Å². The summed E-state index contributed by atoms with van der Waals surface area (Å²) in [6.45, 7) is 13.9. The minimum atomic E-state index is -1.45. The first-order valence-electron chi connectivity index (χ1n) is 32.0. The molecule has 0 fully saturated rings. The number of likely N-dealkylation sites (N-methyl/N-ethyl adjacent to an activating group) is 3. The van der Waals surface area contributed by atoms with E-state index >= 15 is 0 Å². The van der Waals surface area contributed by atoms with E-state index in [0.717, 1.165) is 0 Å². The van der Waals surface area contributed by atoms with Crippen LogP contribution >= 0.6 is 0 Å². The topological polar surface area (TPSA) is 270 Å². The van der Waals surface area contributed by atoms with Crippen molar-refractivity contribution in [1.29, 1.82) is 0 Å². The number of nitrogens with zero attached hydrogens (tertiary/aromatic N) is 9. The van der Waals surface area contributed by atoms with E-state index in [4.69, 9.17) is 45.6 Å². The molecule has 100 heavy (non-hydrogen) atoms. The molecular weight excluding hydrogens is 1280 g/mol. The number of amides is 3. The fraction of sp³-hybridized carbons (Fsp3) is 0.240. The predicted octanol–water partition coefficient (Wildman–Crippen LogP) is 10.8. The molecule has 6 N–H and O–H groups in total. The van der Waals surface area contributed by atoms with Gasteiger partial charge in [-0.15, -0.1) is 0 Å². The number of aromatic nitrogens is 3. The van der Waals surface area contributed by atoms with Crippen LogP contribution in [0.1, 0.15) is 74.9 Å². The number of benzene rings is 6. The Kier molecular flexibility index (Phi) is 22.6. The molecule has 6 aromatic carbocycles. The highest BCUT2D eigenvalue weighted by Crippen LogP contribution is 2.47. The fourth-order valence-corrected chi connectivity index (χ4v) is 11.9. The van der Waals surface area contributed by atoms with Crippen LogP contribution in [0.15, 0.2) is 197 Å². The van der Waals surface area contributed by atoms with Crippen molar-refractivity contribution in [2.24, 2.45) is 32.2 Å². The normalized spacial score (nSPS) is 17.6. The highest BCUT2D eigenvalue weighted by molar-refractivity contribution is 6.11. The molecule has 513 valence electrons. The molecule has 3 amide bonds. The zero-order valence-electron chi connectivity index (χ0n) is 56.7. The molecule has 0 bridgehead atoms. The second-order valence-electron chi connectivity index (χ2n) is 22.5. The second kappa shape index (κ2) is 31.2. The van der Waals surface area contributed by atoms with Crippen LogP contribution in [-0.2, 0) is 31.0 Å². The minimum absolute atomic E-state index is 0. The van der Waals surface area contributed by atoms with Gasteiger partial charge < -0.3 is 45.6 Å². The Bertz CT molecular complexity index is 4150. The maximum atomic E-state index is 14.4. The predicted molar refractivity (Wildman–Crippen MR) is 377 cm³/mol. The first kappa shape index (κ1) is 72.5. The van der Waals surface area contributed by atoms with E-state index in [0.29, 0.717) is 141 Å². The summed E-state index contributed by atoms with van der Waals surface area (Å²) in [5, 5.41) is 0. The number of pyridine rings is 3. The van der Waals surface area contributed by atoms with Crippen LogP contribution < -0.4 is 45.6 Å². The molecular formula is C75H75BF3N12O9. The van der Waals surface area contributed by atoms with E-state index in [-0.39, 0.29) is 44.0 Å². The standard InChI is InChI=1S/3C25H25FN4O3.B/c3*1-4-32-20-12-11-18(15-21(20)33-5-2)25(23(31)30(3)24(27)29-25)17-9-6-8-16(14-17)19-10-7-13-28-22(19)26;/h3*6-15H,4-5H2,1-3H3,(H2,27,29);/t2*25-;;/m10../s1. The lowest BCUT2D eigenvalue weighted by Crippen LogP contribution is -2.41. The van der Waals surface area contributed by atoms with Crippen LogP contribution in [-0.4, -0.2) is 134 Å². The maximum absolute atomic E-state index is 14.4. The van der Waals surface area contributed by atoms with Crippen LogP contribution in [0.2, 0.25) is 0 Å². The highest BCUT2D eigenvalue weighted by atomic mass is 19.1. The Morgan fingerprint density at radius 3 is 0.800 bits per heavy atom. The maximum Gasteiger partial charge on any atom is 0.266 e. The van der Waals surface area contributed by atoms with Crippen molar-refractivity contribution in [2.75, 3.05) is 60.8 Å². The van der Waals surface area contributed by atoms with Crippen molar-refractivity contribution >= 4 is 44.0 Å². The lowest BCUT2D eigenvalue weighted by Gasteiger charge is -2.27. The quantitative estimate of drug-likeness (QED) is 0.0446. The molecule has 0 spiro atoms. The SMILES string of the molecule is CCOc1ccc(C2(c3cccc(-c4cccnc4F)c3)N=C(N)N(C)C2=O)cc1OCC.CCOc1ccc([C@@]2(c3cccc(-c4cccnc4F)c3)N=C(N)N(C)C2=O)cc1OCC.CCOc1ccc([C@]2(c3cccc(-c4cccnc4F)c3)N=C(N)N(C)C2=O)cc1OCC.[B]. The van der Waals surface area contributed by atoms with Gasteiger partial charge in [0, 0.05) is 64.8 Å². The van der Waals surface area contributed by atoms with Crippen molar-refractivity contribution < 1.29 is 56.0 Å². The lowest BCUT2D eigenvalue weighted by molar-refractivity contribution is -0.130. The molecule has 3 aliphatic heterocycles. The molecule has 3 aromatic heterocycles. The average molecular weight is 1360 g/mol. The molecule has 3 aliphatic rings. The Labute approximate surface area is 579 Å². The fourth-order valence-electron chi connectivity index (χ4n) is 11.9. The van der Waals surface area contributed by atoms with E-state index in [2.05, 4.69) is 29.9 Å². The Hall–Kier alpha value is -11.8. The number of hydrogen-bond donors (Lipinski definition) is 3. The van der Waals surface area contributed by atoms with Gasteiger partial charge in [0.05, 0.1) is 39.6 Å². The summed E-state index contributed by atoms with van der Waals surface area (Å²) >= 11 is 0. The van der Waals surface area contributed by atoms with E-state index in [1.807, 2.05) is 41.5 Å². The second-order valence-corrected chi connectivity index (χ2v) is 22.5. The van der Waals surface area contributed by atoms with Crippen molar-refractivity contribution in [2.45, 2.75) is 58.2 Å².